The summed E-state index contributed by atoms with van der Waals surface area (Å²) in [6.45, 7) is 5.73. The number of para-hydroxylation sites is 1. The fourth-order valence-electron chi connectivity index (χ4n) is 3.68. The number of methoxy groups -OCH3 is 1. The molecule has 1 N–H and O–H groups in total. The van der Waals surface area contributed by atoms with E-state index < -0.39 is 0 Å². The highest BCUT2D eigenvalue weighted by Crippen LogP contribution is 2.33. The molecule has 3 rings (SSSR count). The number of ether oxygens (including phenoxy) is 1. The standard InChI is InChI=1S/C17H26N2O/c1-20-13-14-5-4-9-19(12-14)10-8-15-11-18-17-7-3-2-6-16(15)17/h2-3,6-7,14-15,18H,4-5,8-13H2,1H3. The molecule has 0 aliphatic carbocycles. The molecule has 0 amide bonds. The molecule has 3 nitrogen and oxygen atoms in total. The third-order valence-electron chi connectivity index (χ3n) is 4.74. The largest absolute Gasteiger partial charge is 0.384 e. The maximum Gasteiger partial charge on any atom is 0.0502 e. The van der Waals surface area contributed by atoms with E-state index in [1.807, 2.05) is 7.11 Å². The summed E-state index contributed by atoms with van der Waals surface area (Å²) < 4.78 is 5.32. The van der Waals surface area contributed by atoms with Gasteiger partial charge in [-0.05, 0) is 49.9 Å². The molecule has 0 aromatic heterocycles. The first-order chi connectivity index (χ1) is 9.86. The zero-order valence-electron chi connectivity index (χ0n) is 12.5. The molecule has 2 atom stereocenters. The number of anilines is 1. The maximum atomic E-state index is 5.32. The SMILES string of the molecule is COCC1CCCN(CCC2CNc3ccccc32)C1. The van der Waals surface area contributed by atoms with Crippen LogP contribution in [0.3, 0.4) is 0 Å². The fraction of sp³-hybridized carbons (Fsp3) is 0.647. The summed E-state index contributed by atoms with van der Waals surface area (Å²) in [4.78, 5) is 2.63. The van der Waals surface area contributed by atoms with Crippen LogP contribution in [0, 0.1) is 5.92 Å². The van der Waals surface area contributed by atoms with Crippen LogP contribution in [0.25, 0.3) is 0 Å². The van der Waals surface area contributed by atoms with Gasteiger partial charge in [0.2, 0.25) is 0 Å². The van der Waals surface area contributed by atoms with Gasteiger partial charge in [0.25, 0.3) is 0 Å². The predicted molar refractivity (Wildman–Crippen MR) is 83.3 cm³/mol. The van der Waals surface area contributed by atoms with Crippen molar-refractivity contribution >= 4 is 5.69 Å². The van der Waals surface area contributed by atoms with E-state index in [0.717, 1.165) is 19.1 Å². The molecular formula is C17H26N2O. The van der Waals surface area contributed by atoms with Crippen LogP contribution in [-0.4, -0.2) is 44.8 Å². The second-order valence-corrected chi connectivity index (χ2v) is 6.22. The molecule has 1 aromatic carbocycles. The minimum Gasteiger partial charge on any atom is -0.384 e. The van der Waals surface area contributed by atoms with Gasteiger partial charge in [0, 0.05) is 31.8 Å². The van der Waals surface area contributed by atoms with Gasteiger partial charge in [-0.1, -0.05) is 18.2 Å². The van der Waals surface area contributed by atoms with Crippen LogP contribution in [-0.2, 0) is 4.74 Å². The second-order valence-electron chi connectivity index (χ2n) is 6.22. The first kappa shape index (κ1) is 13.9. The van der Waals surface area contributed by atoms with Gasteiger partial charge in [-0.15, -0.1) is 0 Å². The minimum atomic E-state index is 0.689. The summed E-state index contributed by atoms with van der Waals surface area (Å²) in [5, 5.41) is 3.53. The summed E-state index contributed by atoms with van der Waals surface area (Å²) in [6, 6.07) is 8.76. The molecule has 2 heterocycles. The van der Waals surface area contributed by atoms with Gasteiger partial charge in [0.05, 0.1) is 6.61 Å². The van der Waals surface area contributed by atoms with Crippen LogP contribution in [0.5, 0.6) is 0 Å². The molecular weight excluding hydrogens is 248 g/mol. The number of piperidine rings is 1. The van der Waals surface area contributed by atoms with E-state index in [1.54, 1.807) is 0 Å². The lowest BCUT2D eigenvalue weighted by Gasteiger charge is -2.33. The predicted octanol–water partition coefficient (Wildman–Crippen LogP) is 2.94. The number of hydrogen-bond acceptors (Lipinski definition) is 3. The molecule has 1 fully saturated rings. The highest BCUT2D eigenvalue weighted by Gasteiger charge is 2.24. The van der Waals surface area contributed by atoms with E-state index in [4.69, 9.17) is 4.74 Å². The molecule has 2 aliphatic heterocycles. The van der Waals surface area contributed by atoms with Gasteiger partial charge in [-0.3, -0.25) is 0 Å². The van der Waals surface area contributed by atoms with Crippen molar-refractivity contribution in [2.75, 3.05) is 45.2 Å². The van der Waals surface area contributed by atoms with Crippen LogP contribution < -0.4 is 5.32 Å². The third kappa shape index (κ3) is 3.15. The lowest BCUT2D eigenvalue weighted by atomic mass is 9.95. The summed E-state index contributed by atoms with van der Waals surface area (Å²) in [6.07, 6.45) is 3.93. The van der Waals surface area contributed by atoms with E-state index in [1.165, 1.54) is 50.1 Å². The molecule has 0 radical (unpaired) electrons. The highest BCUT2D eigenvalue weighted by atomic mass is 16.5. The van der Waals surface area contributed by atoms with Crippen molar-refractivity contribution in [2.24, 2.45) is 5.92 Å². The zero-order valence-corrected chi connectivity index (χ0v) is 12.5. The van der Waals surface area contributed by atoms with Gasteiger partial charge >= 0.3 is 0 Å². The Hall–Kier alpha value is -1.06. The quantitative estimate of drug-likeness (QED) is 0.893. The molecule has 2 unspecified atom stereocenters. The van der Waals surface area contributed by atoms with Crippen molar-refractivity contribution in [3.63, 3.8) is 0 Å². The third-order valence-corrected chi connectivity index (χ3v) is 4.74. The Morgan fingerprint density at radius 1 is 1.35 bits per heavy atom. The van der Waals surface area contributed by atoms with E-state index in [2.05, 4.69) is 34.5 Å². The molecule has 0 bridgehead atoms. The Morgan fingerprint density at radius 2 is 2.25 bits per heavy atom. The Bertz CT molecular complexity index is 433. The van der Waals surface area contributed by atoms with Crippen molar-refractivity contribution in [1.82, 2.24) is 4.90 Å². The maximum absolute atomic E-state index is 5.32. The first-order valence-electron chi connectivity index (χ1n) is 7.91. The first-order valence-corrected chi connectivity index (χ1v) is 7.91. The number of nitrogens with one attached hydrogen (secondary N) is 1. The monoisotopic (exact) mass is 274 g/mol. The van der Waals surface area contributed by atoms with E-state index in [-0.39, 0.29) is 0 Å². The lowest BCUT2D eigenvalue weighted by Crippen LogP contribution is -2.38. The second kappa shape index (κ2) is 6.59. The molecule has 2 aliphatic rings. The number of benzene rings is 1. The van der Waals surface area contributed by atoms with Crippen LogP contribution >= 0.6 is 0 Å². The normalized spacial score (nSPS) is 26.2. The molecule has 1 saturated heterocycles. The number of nitrogens with zero attached hydrogens (tertiary/aromatic N) is 1. The van der Waals surface area contributed by atoms with Crippen LogP contribution in [0.4, 0.5) is 5.69 Å². The Morgan fingerprint density at radius 3 is 3.15 bits per heavy atom. The number of likely N-dealkylation sites (tertiary alicyclic amines) is 1. The van der Waals surface area contributed by atoms with Crippen LogP contribution in [0.2, 0.25) is 0 Å². The van der Waals surface area contributed by atoms with Crippen LogP contribution in [0.1, 0.15) is 30.7 Å². The summed E-state index contributed by atoms with van der Waals surface area (Å²) in [5.41, 5.74) is 2.85. The van der Waals surface area contributed by atoms with E-state index in [9.17, 15) is 0 Å². The van der Waals surface area contributed by atoms with E-state index in [0.29, 0.717) is 5.92 Å². The number of hydrogen-bond donors (Lipinski definition) is 1. The Labute approximate surface area is 122 Å². The smallest absolute Gasteiger partial charge is 0.0502 e. The van der Waals surface area contributed by atoms with Crippen LogP contribution in [0.15, 0.2) is 24.3 Å². The van der Waals surface area contributed by atoms with Gasteiger partial charge < -0.3 is 15.0 Å². The van der Waals surface area contributed by atoms with Crippen molar-refractivity contribution in [3.8, 4) is 0 Å². The van der Waals surface area contributed by atoms with Crippen molar-refractivity contribution in [3.05, 3.63) is 29.8 Å². The van der Waals surface area contributed by atoms with E-state index >= 15 is 0 Å². The van der Waals surface area contributed by atoms with Gasteiger partial charge in [-0.2, -0.15) is 0 Å². The number of rotatable bonds is 5. The van der Waals surface area contributed by atoms with Crippen molar-refractivity contribution in [2.45, 2.75) is 25.2 Å². The minimum absolute atomic E-state index is 0.689. The van der Waals surface area contributed by atoms with Gasteiger partial charge in [0.1, 0.15) is 0 Å². The highest BCUT2D eigenvalue weighted by molar-refractivity contribution is 5.57. The molecule has 1 aromatic rings. The molecule has 20 heavy (non-hydrogen) atoms. The summed E-state index contributed by atoms with van der Waals surface area (Å²) in [7, 11) is 1.82. The van der Waals surface area contributed by atoms with Crippen molar-refractivity contribution < 1.29 is 4.74 Å². The zero-order chi connectivity index (χ0) is 13.8. The Kier molecular flexibility index (Phi) is 4.58. The summed E-state index contributed by atoms with van der Waals surface area (Å²) in [5.74, 6) is 1.43. The fourth-order valence-corrected chi connectivity index (χ4v) is 3.68. The van der Waals surface area contributed by atoms with Crippen molar-refractivity contribution in [1.29, 1.82) is 0 Å². The van der Waals surface area contributed by atoms with Gasteiger partial charge in [-0.25, -0.2) is 0 Å². The lowest BCUT2D eigenvalue weighted by molar-refractivity contribution is 0.0894. The molecule has 0 saturated carbocycles. The molecule has 3 heteroatoms. The molecule has 0 spiro atoms. The number of fused-ring (bicyclic) bond motifs is 1. The average Bonchev–Trinajstić information content (AvgIpc) is 2.89. The average molecular weight is 274 g/mol. The van der Waals surface area contributed by atoms with Gasteiger partial charge in [0.15, 0.2) is 0 Å². The Balaban J connectivity index is 1.50. The topological polar surface area (TPSA) is 24.5 Å². The molecule has 110 valence electrons. The summed E-state index contributed by atoms with van der Waals surface area (Å²) >= 11 is 0.